The Morgan fingerprint density at radius 3 is 2.64 bits per heavy atom. The van der Waals surface area contributed by atoms with Gasteiger partial charge in [0.15, 0.2) is 18.2 Å². The van der Waals surface area contributed by atoms with Crippen molar-refractivity contribution < 1.29 is 28.6 Å². The quantitative estimate of drug-likeness (QED) is 0.828. The van der Waals surface area contributed by atoms with Crippen LogP contribution < -0.4 is 10.1 Å². The lowest BCUT2D eigenvalue weighted by molar-refractivity contribution is -0.140. The third kappa shape index (κ3) is 4.42. The fourth-order valence-electron chi connectivity index (χ4n) is 2.43. The number of benzene rings is 1. The number of carbonyl (C=O) groups is 2. The summed E-state index contributed by atoms with van der Waals surface area (Å²) in [5.74, 6) is -2.04. The number of carboxylic acids is 1. The third-order valence-corrected chi connectivity index (χ3v) is 3.54. The van der Waals surface area contributed by atoms with Crippen LogP contribution in [0, 0.1) is 5.82 Å². The fraction of sp³-hybridized carbons (Fsp3) is 0.467. The van der Waals surface area contributed by atoms with Gasteiger partial charge < -0.3 is 19.9 Å². The highest BCUT2D eigenvalue weighted by atomic mass is 19.1. The van der Waals surface area contributed by atoms with Gasteiger partial charge in [0.1, 0.15) is 0 Å². The predicted octanol–water partition coefficient (Wildman–Crippen LogP) is 1.34. The van der Waals surface area contributed by atoms with E-state index in [1.165, 1.54) is 18.2 Å². The van der Waals surface area contributed by atoms with Crippen LogP contribution in [0.4, 0.5) is 4.39 Å². The van der Waals surface area contributed by atoms with Crippen molar-refractivity contribution in [1.82, 2.24) is 5.32 Å². The van der Waals surface area contributed by atoms with Crippen LogP contribution in [-0.4, -0.2) is 42.3 Å². The van der Waals surface area contributed by atoms with Crippen molar-refractivity contribution in [2.45, 2.75) is 24.8 Å². The summed E-state index contributed by atoms with van der Waals surface area (Å²) in [7, 11) is 0. The van der Waals surface area contributed by atoms with Gasteiger partial charge in [0.05, 0.1) is 12.0 Å². The second kappa shape index (κ2) is 7.22. The number of amides is 1. The van der Waals surface area contributed by atoms with Gasteiger partial charge in [0, 0.05) is 13.2 Å². The number of aliphatic carboxylic acids is 1. The first-order valence-corrected chi connectivity index (χ1v) is 6.99. The molecule has 2 N–H and O–H groups in total. The van der Waals surface area contributed by atoms with E-state index in [-0.39, 0.29) is 18.8 Å². The second-order valence-corrected chi connectivity index (χ2v) is 5.23. The van der Waals surface area contributed by atoms with E-state index in [1.54, 1.807) is 6.07 Å². The predicted molar refractivity (Wildman–Crippen MR) is 75.1 cm³/mol. The first kappa shape index (κ1) is 16.2. The average molecular weight is 311 g/mol. The Hall–Kier alpha value is -2.15. The molecule has 7 heteroatoms. The number of carbonyl (C=O) groups excluding carboxylic acids is 1. The monoisotopic (exact) mass is 311 g/mol. The van der Waals surface area contributed by atoms with Gasteiger partial charge >= 0.3 is 5.97 Å². The molecule has 0 spiro atoms. The molecule has 0 atom stereocenters. The molecule has 0 aliphatic carbocycles. The lowest BCUT2D eigenvalue weighted by Crippen LogP contribution is -2.54. The van der Waals surface area contributed by atoms with Crippen molar-refractivity contribution in [2.75, 3.05) is 19.8 Å². The van der Waals surface area contributed by atoms with Gasteiger partial charge in [-0.15, -0.1) is 0 Å². The molecule has 1 aromatic rings. The third-order valence-electron chi connectivity index (χ3n) is 3.54. The molecule has 1 saturated heterocycles. The Labute approximate surface area is 127 Å². The molecule has 6 nitrogen and oxygen atoms in total. The Bertz CT molecular complexity index is 542. The van der Waals surface area contributed by atoms with Gasteiger partial charge in [-0.05, 0) is 25.0 Å². The first-order chi connectivity index (χ1) is 10.5. The maximum Gasteiger partial charge on any atom is 0.305 e. The Morgan fingerprint density at radius 1 is 1.32 bits per heavy atom. The van der Waals surface area contributed by atoms with Crippen LogP contribution in [0.25, 0.3) is 0 Å². The Balaban J connectivity index is 1.93. The van der Waals surface area contributed by atoms with E-state index in [0.717, 1.165) is 0 Å². The molecule has 0 bridgehead atoms. The zero-order valence-corrected chi connectivity index (χ0v) is 12.0. The minimum Gasteiger partial charge on any atom is -0.481 e. The van der Waals surface area contributed by atoms with Crippen molar-refractivity contribution in [3.8, 4) is 5.75 Å². The summed E-state index contributed by atoms with van der Waals surface area (Å²) in [5, 5.41) is 11.7. The van der Waals surface area contributed by atoms with Crippen LogP contribution >= 0.6 is 0 Å². The van der Waals surface area contributed by atoms with Crippen LogP contribution in [0.2, 0.25) is 0 Å². The van der Waals surface area contributed by atoms with Crippen LogP contribution in [-0.2, 0) is 14.3 Å². The molecule has 1 aliphatic heterocycles. The molecular formula is C15H18FNO5. The molecule has 0 radical (unpaired) electrons. The molecule has 1 amide bonds. The molecule has 0 aromatic heterocycles. The van der Waals surface area contributed by atoms with Crippen LogP contribution in [0.1, 0.15) is 19.3 Å². The van der Waals surface area contributed by atoms with Crippen molar-refractivity contribution >= 4 is 11.9 Å². The van der Waals surface area contributed by atoms with Gasteiger partial charge in [-0.3, -0.25) is 9.59 Å². The maximum atomic E-state index is 13.4. The average Bonchev–Trinajstić information content (AvgIpc) is 2.46. The van der Waals surface area contributed by atoms with Crippen molar-refractivity contribution in [3.63, 3.8) is 0 Å². The number of hydrogen-bond donors (Lipinski definition) is 2. The summed E-state index contributed by atoms with van der Waals surface area (Å²) >= 11 is 0. The molecule has 1 aliphatic rings. The number of ether oxygens (including phenoxy) is 2. The standard InChI is InChI=1S/C15H18FNO5/c16-11-3-1-2-4-12(11)22-10-13(18)17-15(9-14(19)20)5-7-21-8-6-15/h1-4H,5-10H2,(H,17,18)(H,19,20). The highest BCUT2D eigenvalue weighted by molar-refractivity contribution is 5.79. The minimum atomic E-state index is -0.989. The molecule has 120 valence electrons. The van der Waals surface area contributed by atoms with E-state index in [1.807, 2.05) is 0 Å². The van der Waals surface area contributed by atoms with Crippen molar-refractivity contribution in [2.24, 2.45) is 0 Å². The molecule has 22 heavy (non-hydrogen) atoms. The van der Waals surface area contributed by atoms with Gasteiger partial charge in [0.2, 0.25) is 0 Å². The summed E-state index contributed by atoms with van der Waals surface area (Å²) in [6.07, 6.45) is 0.664. The summed E-state index contributed by atoms with van der Waals surface area (Å²) < 4.78 is 23.7. The van der Waals surface area contributed by atoms with Crippen molar-refractivity contribution in [3.05, 3.63) is 30.1 Å². The molecule has 1 heterocycles. The highest BCUT2D eigenvalue weighted by Crippen LogP contribution is 2.24. The highest BCUT2D eigenvalue weighted by Gasteiger charge is 2.36. The van der Waals surface area contributed by atoms with E-state index >= 15 is 0 Å². The van der Waals surface area contributed by atoms with E-state index in [2.05, 4.69) is 5.32 Å². The molecule has 1 aromatic carbocycles. The fourth-order valence-corrected chi connectivity index (χ4v) is 2.43. The van der Waals surface area contributed by atoms with Gasteiger partial charge in [-0.25, -0.2) is 4.39 Å². The molecule has 0 unspecified atom stereocenters. The number of nitrogens with one attached hydrogen (secondary N) is 1. The summed E-state index contributed by atoms with van der Waals surface area (Å²) in [6.45, 7) is 0.409. The number of halogens is 1. The van der Waals surface area contributed by atoms with E-state index < -0.39 is 23.2 Å². The lowest BCUT2D eigenvalue weighted by atomic mass is 9.86. The van der Waals surface area contributed by atoms with Gasteiger partial charge in [-0.2, -0.15) is 0 Å². The minimum absolute atomic E-state index is 0.0167. The number of rotatable bonds is 6. The second-order valence-electron chi connectivity index (χ2n) is 5.23. The lowest BCUT2D eigenvalue weighted by Gasteiger charge is -2.36. The zero-order valence-electron chi connectivity index (χ0n) is 12.0. The number of hydrogen-bond acceptors (Lipinski definition) is 4. The normalized spacial score (nSPS) is 16.8. The van der Waals surface area contributed by atoms with Crippen LogP contribution in [0.3, 0.4) is 0 Å². The van der Waals surface area contributed by atoms with E-state index in [4.69, 9.17) is 14.6 Å². The topological polar surface area (TPSA) is 84.9 Å². The molecule has 0 saturated carbocycles. The van der Waals surface area contributed by atoms with Crippen molar-refractivity contribution in [1.29, 1.82) is 0 Å². The Kier molecular flexibility index (Phi) is 5.32. The largest absolute Gasteiger partial charge is 0.481 e. The van der Waals surface area contributed by atoms with Crippen LogP contribution in [0.15, 0.2) is 24.3 Å². The smallest absolute Gasteiger partial charge is 0.305 e. The Morgan fingerprint density at radius 2 is 2.00 bits per heavy atom. The summed E-state index contributed by atoms with van der Waals surface area (Å²) in [5.41, 5.74) is -0.834. The molecular weight excluding hydrogens is 293 g/mol. The molecule has 2 rings (SSSR count). The number of carboxylic acid groups (broad SMARTS) is 1. The zero-order chi connectivity index (χ0) is 16.0. The SMILES string of the molecule is O=C(O)CC1(NC(=O)COc2ccccc2F)CCOCC1. The summed E-state index contributed by atoms with van der Waals surface area (Å²) in [6, 6.07) is 5.77. The number of para-hydroxylation sites is 1. The van der Waals surface area contributed by atoms with Crippen LogP contribution in [0.5, 0.6) is 5.75 Å². The van der Waals surface area contributed by atoms with E-state index in [9.17, 15) is 14.0 Å². The van der Waals surface area contributed by atoms with E-state index in [0.29, 0.717) is 26.1 Å². The van der Waals surface area contributed by atoms with Gasteiger partial charge in [0.25, 0.3) is 5.91 Å². The first-order valence-electron chi connectivity index (χ1n) is 6.99. The van der Waals surface area contributed by atoms with Gasteiger partial charge in [-0.1, -0.05) is 12.1 Å². The summed E-state index contributed by atoms with van der Waals surface area (Å²) in [4.78, 5) is 23.0. The molecule has 1 fully saturated rings. The maximum absolute atomic E-state index is 13.4.